The summed E-state index contributed by atoms with van der Waals surface area (Å²) in [6.45, 7) is 3.48. The maximum absolute atomic E-state index is 12.9. The van der Waals surface area contributed by atoms with Gasteiger partial charge in [0.2, 0.25) is 0 Å². The van der Waals surface area contributed by atoms with Gasteiger partial charge in [-0.25, -0.2) is 0 Å². The fraction of sp³-hybridized carbons (Fsp3) is 0.500. The highest BCUT2D eigenvalue weighted by Crippen LogP contribution is 2.27. The number of thiophene rings is 1. The van der Waals surface area contributed by atoms with E-state index < -0.39 is 0 Å². The first-order valence-corrected chi connectivity index (χ1v) is 11.0. The van der Waals surface area contributed by atoms with Crippen molar-refractivity contribution in [1.82, 2.24) is 4.90 Å². The predicted molar refractivity (Wildman–Crippen MR) is 114 cm³/mol. The van der Waals surface area contributed by atoms with Crippen molar-refractivity contribution in [2.75, 3.05) is 40.5 Å². The predicted octanol–water partition coefficient (Wildman–Crippen LogP) is 2.08. The number of hydrogen-bond donors (Lipinski definition) is 1. The molecule has 2 aromatic rings. The molecular formula is C22H31N2O4S+. The summed E-state index contributed by atoms with van der Waals surface area (Å²) in [5.41, 5.74) is 1.12. The molecule has 1 fully saturated rings. The van der Waals surface area contributed by atoms with Crippen molar-refractivity contribution >= 4 is 17.2 Å². The van der Waals surface area contributed by atoms with Gasteiger partial charge in [0.1, 0.15) is 12.6 Å². The zero-order valence-corrected chi connectivity index (χ0v) is 18.1. The maximum Gasteiger partial charge on any atom is 0.278 e. The molecule has 1 saturated heterocycles. The van der Waals surface area contributed by atoms with Gasteiger partial charge in [-0.15, -0.1) is 11.3 Å². The second kappa shape index (κ2) is 11.2. The van der Waals surface area contributed by atoms with Crippen molar-refractivity contribution in [3.8, 4) is 11.5 Å². The lowest BCUT2D eigenvalue weighted by molar-refractivity contribution is -0.650. The first-order valence-electron chi connectivity index (χ1n) is 10.1. The molecule has 2 heterocycles. The number of nitrogens with zero attached hydrogens (tertiary/aromatic N) is 1. The van der Waals surface area contributed by atoms with E-state index in [2.05, 4.69) is 16.8 Å². The van der Waals surface area contributed by atoms with Gasteiger partial charge in [-0.2, -0.15) is 0 Å². The van der Waals surface area contributed by atoms with Crippen LogP contribution in [0.3, 0.4) is 0 Å². The molecule has 1 amide bonds. The van der Waals surface area contributed by atoms with Gasteiger partial charge in [0.05, 0.1) is 20.8 Å². The van der Waals surface area contributed by atoms with Crippen molar-refractivity contribution in [3.63, 3.8) is 0 Å². The number of quaternary nitrogens is 1. The number of amides is 1. The summed E-state index contributed by atoms with van der Waals surface area (Å²) in [4.78, 5) is 16.1. The minimum atomic E-state index is 0.164. The van der Waals surface area contributed by atoms with Crippen molar-refractivity contribution in [2.45, 2.75) is 31.9 Å². The zero-order chi connectivity index (χ0) is 20.5. The molecule has 0 unspecified atom stereocenters. The lowest BCUT2D eigenvalue weighted by Crippen LogP contribution is -2.88. The third kappa shape index (κ3) is 6.45. The van der Waals surface area contributed by atoms with Gasteiger partial charge in [-0.3, -0.25) is 4.79 Å². The minimum absolute atomic E-state index is 0.164. The van der Waals surface area contributed by atoms with Crippen LogP contribution in [0.1, 0.15) is 23.3 Å². The van der Waals surface area contributed by atoms with Gasteiger partial charge >= 0.3 is 0 Å². The topological polar surface area (TPSA) is 64.6 Å². The Balaban J connectivity index is 1.58. The van der Waals surface area contributed by atoms with Crippen molar-refractivity contribution in [3.05, 3.63) is 46.2 Å². The molecule has 29 heavy (non-hydrogen) atoms. The number of hydrogen-bond acceptors (Lipinski definition) is 5. The number of rotatable bonds is 11. The van der Waals surface area contributed by atoms with Crippen molar-refractivity contribution in [1.29, 1.82) is 0 Å². The van der Waals surface area contributed by atoms with Crippen LogP contribution >= 0.6 is 11.3 Å². The van der Waals surface area contributed by atoms with Gasteiger partial charge in [0.15, 0.2) is 18.0 Å². The Labute approximate surface area is 176 Å². The van der Waals surface area contributed by atoms with E-state index in [4.69, 9.17) is 14.2 Å². The monoisotopic (exact) mass is 419 g/mol. The van der Waals surface area contributed by atoms with Gasteiger partial charge in [0.25, 0.3) is 5.91 Å². The van der Waals surface area contributed by atoms with Gasteiger partial charge in [-0.1, -0.05) is 12.1 Å². The van der Waals surface area contributed by atoms with Crippen LogP contribution in [0.2, 0.25) is 0 Å². The zero-order valence-electron chi connectivity index (χ0n) is 17.3. The Bertz CT molecular complexity index is 760. The smallest absolute Gasteiger partial charge is 0.278 e. The molecule has 0 saturated carbocycles. The van der Waals surface area contributed by atoms with Crippen LogP contribution in [-0.2, 0) is 22.5 Å². The molecule has 158 valence electrons. The second-order valence-electron chi connectivity index (χ2n) is 7.20. The van der Waals surface area contributed by atoms with Crippen LogP contribution in [0.15, 0.2) is 35.7 Å². The molecule has 1 atom stereocenters. The second-order valence-corrected chi connectivity index (χ2v) is 8.23. The van der Waals surface area contributed by atoms with E-state index in [1.54, 1.807) is 25.6 Å². The third-order valence-electron chi connectivity index (χ3n) is 5.17. The summed E-state index contributed by atoms with van der Waals surface area (Å²) in [6.07, 6.45) is 3.29. The Morgan fingerprint density at radius 2 is 2.14 bits per heavy atom. The van der Waals surface area contributed by atoms with E-state index in [0.29, 0.717) is 37.2 Å². The molecule has 6 nitrogen and oxygen atoms in total. The van der Waals surface area contributed by atoms with Crippen LogP contribution in [0, 0.1) is 0 Å². The summed E-state index contributed by atoms with van der Waals surface area (Å²) in [5, 5.41) is 4.13. The highest BCUT2D eigenvalue weighted by molar-refractivity contribution is 7.09. The molecule has 7 heteroatoms. The molecule has 2 N–H and O–H groups in total. The number of carbonyl (C=O) groups is 1. The quantitative estimate of drug-likeness (QED) is 0.606. The average Bonchev–Trinajstić information content (AvgIpc) is 3.45. The molecule has 0 aliphatic carbocycles. The van der Waals surface area contributed by atoms with Crippen LogP contribution in [0.5, 0.6) is 11.5 Å². The molecule has 1 aromatic carbocycles. The number of methoxy groups -OCH3 is 2. The molecule has 1 aliphatic heterocycles. The Kier molecular flexibility index (Phi) is 8.34. The highest BCUT2D eigenvalue weighted by Gasteiger charge is 2.20. The third-order valence-corrected chi connectivity index (χ3v) is 6.03. The Morgan fingerprint density at radius 3 is 2.83 bits per heavy atom. The number of carbonyl (C=O) groups excluding carboxylic acids is 1. The summed E-state index contributed by atoms with van der Waals surface area (Å²) in [5.74, 6) is 1.59. The molecule has 1 aliphatic rings. The summed E-state index contributed by atoms with van der Waals surface area (Å²) in [6, 6.07) is 10.0. The van der Waals surface area contributed by atoms with Crippen molar-refractivity contribution < 1.29 is 24.3 Å². The summed E-state index contributed by atoms with van der Waals surface area (Å²) < 4.78 is 16.4. The fourth-order valence-electron chi connectivity index (χ4n) is 3.53. The van der Waals surface area contributed by atoms with Crippen LogP contribution in [0.4, 0.5) is 0 Å². The molecule has 0 spiro atoms. The molecular weight excluding hydrogens is 388 g/mol. The van der Waals surface area contributed by atoms with Crippen molar-refractivity contribution in [2.24, 2.45) is 0 Å². The molecule has 1 aromatic heterocycles. The number of benzene rings is 1. The Morgan fingerprint density at radius 1 is 1.28 bits per heavy atom. The average molecular weight is 420 g/mol. The van der Waals surface area contributed by atoms with Gasteiger partial charge < -0.3 is 24.4 Å². The van der Waals surface area contributed by atoms with E-state index in [1.807, 2.05) is 29.2 Å². The van der Waals surface area contributed by atoms with Gasteiger partial charge in [0, 0.05) is 18.0 Å². The molecule has 0 bridgehead atoms. The van der Waals surface area contributed by atoms with Gasteiger partial charge in [-0.05, 0) is 48.4 Å². The normalized spacial score (nSPS) is 16.0. The van der Waals surface area contributed by atoms with Crippen LogP contribution in [-0.4, -0.2) is 57.4 Å². The van der Waals surface area contributed by atoms with E-state index in [0.717, 1.165) is 38.0 Å². The maximum atomic E-state index is 12.9. The SMILES string of the molecule is COc1ccc(CCN(Cc2cccs2)C(=O)C[NH2+]C[C@H]2CCCO2)cc1OC. The lowest BCUT2D eigenvalue weighted by Gasteiger charge is -2.22. The van der Waals surface area contributed by atoms with E-state index in [-0.39, 0.29) is 5.91 Å². The highest BCUT2D eigenvalue weighted by atomic mass is 32.1. The number of nitrogens with two attached hydrogens (primary N) is 1. The number of ether oxygens (including phenoxy) is 3. The van der Waals surface area contributed by atoms with E-state index >= 15 is 0 Å². The minimum Gasteiger partial charge on any atom is -0.493 e. The van der Waals surface area contributed by atoms with E-state index in [9.17, 15) is 4.79 Å². The van der Waals surface area contributed by atoms with Crippen LogP contribution < -0.4 is 14.8 Å². The Hall–Kier alpha value is -2.09. The largest absolute Gasteiger partial charge is 0.493 e. The molecule has 3 rings (SSSR count). The fourth-order valence-corrected chi connectivity index (χ4v) is 4.25. The standard InChI is InChI=1S/C22H30N2O4S/c1-26-20-8-7-17(13-21(20)27-2)9-10-24(16-19-6-4-12-29-19)22(25)15-23-14-18-5-3-11-28-18/h4,6-8,12-13,18,23H,3,5,9-11,14-16H2,1-2H3/p+1/t18-/m1/s1. The lowest BCUT2D eigenvalue weighted by atomic mass is 10.1. The van der Waals surface area contributed by atoms with Crippen LogP contribution in [0.25, 0.3) is 0 Å². The first-order chi connectivity index (χ1) is 14.2. The molecule has 0 radical (unpaired) electrons. The summed E-state index contributed by atoms with van der Waals surface area (Å²) in [7, 11) is 3.27. The first kappa shape index (κ1) is 21.6. The van der Waals surface area contributed by atoms with E-state index in [1.165, 1.54) is 4.88 Å². The summed E-state index contributed by atoms with van der Waals surface area (Å²) >= 11 is 1.68.